The van der Waals surface area contributed by atoms with Crippen molar-refractivity contribution in [2.75, 3.05) is 27.9 Å². The molecule has 36 heavy (non-hydrogen) atoms. The van der Waals surface area contributed by atoms with E-state index in [1.165, 1.54) is 0 Å². The van der Waals surface area contributed by atoms with Crippen molar-refractivity contribution < 1.29 is 39.3 Å². The molecule has 0 N–H and O–H groups in total. The Balaban J connectivity index is 4.83. The molecule has 0 saturated carbocycles. The average molecular weight is 617 g/mol. The van der Waals surface area contributed by atoms with Crippen LogP contribution >= 0.6 is 0 Å². The van der Waals surface area contributed by atoms with Gasteiger partial charge in [-0.15, -0.1) is 0 Å². The highest BCUT2D eigenvalue weighted by Gasteiger charge is 2.44. The van der Waals surface area contributed by atoms with Gasteiger partial charge in [0.15, 0.2) is 16.6 Å². The Morgan fingerprint density at radius 2 is 1.17 bits per heavy atom. The van der Waals surface area contributed by atoms with Gasteiger partial charge in [0.05, 0.1) is 6.61 Å². The molecule has 0 heterocycles. The van der Waals surface area contributed by atoms with Crippen LogP contribution in [0.5, 0.6) is 0 Å². The molecule has 0 fully saturated rings. The fraction of sp³-hybridized carbons (Fsp3) is 0.857. The van der Waals surface area contributed by atoms with Crippen molar-refractivity contribution in [1.82, 2.24) is 0 Å². The molecule has 0 aromatic heterocycles. The maximum absolute atomic E-state index is 11.6. The van der Waals surface area contributed by atoms with Crippen molar-refractivity contribution in [2.24, 2.45) is 0 Å². The minimum absolute atomic E-state index is 0.344. The second kappa shape index (κ2) is 15.1. The second-order valence-electron chi connectivity index (χ2n) is 11.1. The molecule has 0 spiro atoms. The molecule has 0 rings (SSSR count). The van der Waals surface area contributed by atoms with Gasteiger partial charge in [0.25, 0.3) is 0 Å². The summed E-state index contributed by atoms with van der Waals surface area (Å²) in [5.74, 6) is -0.344. The van der Waals surface area contributed by atoms with Gasteiger partial charge < -0.3 is 34.5 Å². The Morgan fingerprint density at radius 1 is 0.750 bits per heavy atom. The first kappa shape index (κ1) is 36.2. The third kappa shape index (κ3) is 15.0. The van der Waals surface area contributed by atoms with Crippen molar-refractivity contribution >= 4 is 57.8 Å². The van der Waals surface area contributed by atoms with Gasteiger partial charge in [-0.2, -0.15) is 0 Å². The molecule has 0 aliphatic carbocycles. The summed E-state index contributed by atoms with van der Waals surface area (Å²) in [5, 5.41) is 0. The van der Waals surface area contributed by atoms with Gasteiger partial charge >= 0.3 is 41.2 Å². The van der Waals surface area contributed by atoms with Gasteiger partial charge in [-0.25, -0.2) is 4.79 Å². The van der Waals surface area contributed by atoms with Gasteiger partial charge in [0.1, 0.15) is 0 Å². The Hall–Kier alpha value is 0.231. The number of rotatable bonds is 19. The van der Waals surface area contributed by atoms with Crippen LogP contribution in [0, 0.1) is 0 Å². The molecule has 1 unspecified atom stereocenters. The summed E-state index contributed by atoms with van der Waals surface area (Å²) < 4.78 is 48.1. The lowest BCUT2D eigenvalue weighted by Crippen LogP contribution is -2.54. The maximum Gasteiger partial charge on any atom is 0.499 e. The maximum atomic E-state index is 11.6. The number of hydrogen-bond donors (Lipinski definition) is 0. The van der Waals surface area contributed by atoms with E-state index in [-0.39, 0.29) is 5.97 Å². The average Bonchev–Trinajstić information content (AvgIpc) is 2.69. The van der Waals surface area contributed by atoms with Crippen LogP contribution in [0.25, 0.3) is 0 Å². The molecule has 0 radical (unpaired) electrons. The number of ether oxygens (including phenoxy) is 1. The van der Waals surface area contributed by atoms with E-state index in [0.29, 0.717) is 18.2 Å². The second-order valence-corrected chi connectivity index (χ2v) is 32.5. The minimum Gasteiger partial charge on any atom is -0.462 e. The standard InChI is InChI=1S/C21H52O9Si6/c1-20(2)21(22)26-16-15-17-32(7,8)29-34(11,12)27-31(6)28-35(13,14)30-33(9,10)18-19-36(23-3,24-4)25-5/h31H,1,15-19H2,2-14H3. The first-order chi connectivity index (χ1) is 16.2. The van der Waals surface area contributed by atoms with Crippen LogP contribution in [-0.4, -0.2) is 85.8 Å². The first-order valence-electron chi connectivity index (χ1n) is 12.5. The molecule has 0 aromatic rings. The van der Waals surface area contributed by atoms with E-state index >= 15 is 0 Å². The zero-order chi connectivity index (χ0) is 28.4. The van der Waals surface area contributed by atoms with E-state index in [1.54, 1.807) is 28.3 Å². The fourth-order valence-corrected chi connectivity index (χ4v) is 29.6. The Labute approximate surface area is 227 Å². The van der Waals surface area contributed by atoms with Gasteiger partial charge in [0, 0.05) is 32.9 Å². The van der Waals surface area contributed by atoms with E-state index < -0.39 is 51.8 Å². The minimum atomic E-state index is -2.63. The van der Waals surface area contributed by atoms with Crippen LogP contribution < -0.4 is 0 Å². The third-order valence-corrected chi connectivity index (χ3v) is 27.2. The summed E-state index contributed by atoms with van der Waals surface area (Å²) >= 11 is 0. The van der Waals surface area contributed by atoms with Crippen LogP contribution in [0.2, 0.25) is 77.1 Å². The normalized spacial score (nSPS) is 14.6. The summed E-state index contributed by atoms with van der Waals surface area (Å²) in [5.41, 5.74) is 0.417. The van der Waals surface area contributed by atoms with E-state index in [0.717, 1.165) is 18.5 Å². The molecule has 0 aromatic carbocycles. The van der Waals surface area contributed by atoms with Gasteiger partial charge in [-0.1, -0.05) is 6.58 Å². The lowest BCUT2D eigenvalue weighted by atomic mass is 10.4. The number of carbonyl (C=O) groups is 1. The van der Waals surface area contributed by atoms with E-state index in [2.05, 4.69) is 65.5 Å². The van der Waals surface area contributed by atoms with E-state index in [9.17, 15) is 4.79 Å². The number of hydrogen-bond acceptors (Lipinski definition) is 9. The van der Waals surface area contributed by atoms with Crippen LogP contribution in [0.1, 0.15) is 13.3 Å². The Bertz CT molecular complexity index is 691. The summed E-state index contributed by atoms with van der Waals surface area (Å²) in [6.45, 7) is 24.8. The van der Waals surface area contributed by atoms with Crippen molar-refractivity contribution in [2.45, 2.75) is 90.4 Å². The van der Waals surface area contributed by atoms with Gasteiger partial charge in [-0.05, 0) is 84.4 Å². The molecular weight excluding hydrogens is 565 g/mol. The molecule has 0 amide bonds. The zero-order valence-electron chi connectivity index (χ0n) is 25.0. The molecule has 0 aliphatic rings. The van der Waals surface area contributed by atoms with Gasteiger partial charge in [-0.3, -0.25) is 0 Å². The highest BCUT2D eigenvalue weighted by atomic mass is 28.5. The zero-order valence-corrected chi connectivity index (χ0v) is 31.1. The monoisotopic (exact) mass is 616 g/mol. The molecule has 15 heteroatoms. The molecule has 1 atom stereocenters. The topological polar surface area (TPSA) is 90.9 Å². The molecule has 214 valence electrons. The summed E-state index contributed by atoms with van der Waals surface area (Å²) in [7, 11) is -8.58. The smallest absolute Gasteiger partial charge is 0.462 e. The predicted molar refractivity (Wildman–Crippen MR) is 159 cm³/mol. The SMILES string of the molecule is C=C(C)C(=O)OCCC[Si](C)(C)O[Si](C)(C)O[SiH](C)O[Si](C)(C)O[Si](C)(C)CC[Si](OC)(OC)OC. The van der Waals surface area contributed by atoms with Crippen LogP contribution in [-0.2, 0) is 39.3 Å². The Morgan fingerprint density at radius 3 is 1.56 bits per heavy atom. The summed E-state index contributed by atoms with van der Waals surface area (Å²) in [4.78, 5) is 11.6. The van der Waals surface area contributed by atoms with Crippen LogP contribution in [0.4, 0.5) is 0 Å². The first-order valence-corrected chi connectivity index (χ1v) is 28.4. The molecule has 0 saturated heterocycles. The van der Waals surface area contributed by atoms with Gasteiger partial charge in [0.2, 0.25) is 0 Å². The molecule has 9 nitrogen and oxygen atoms in total. The highest BCUT2D eigenvalue weighted by molar-refractivity contribution is 6.87. The predicted octanol–water partition coefficient (Wildman–Crippen LogP) is 5.10. The molecular formula is C21H52O9Si6. The third-order valence-electron chi connectivity index (χ3n) is 5.41. The van der Waals surface area contributed by atoms with E-state index in [1.807, 2.05) is 0 Å². The Kier molecular flexibility index (Phi) is 15.2. The summed E-state index contributed by atoms with van der Waals surface area (Å²) in [6, 6.07) is 2.45. The van der Waals surface area contributed by atoms with Crippen molar-refractivity contribution in [1.29, 1.82) is 0 Å². The number of esters is 1. The van der Waals surface area contributed by atoms with Crippen LogP contribution in [0.15, 0.2) is 12.2 Å². The molecule has 0 aliphatic heterocycles. The van der Waals surface area contributed by atoms with E-state index in [4.69, 9.17) is 34.5 Å². The fourth-order valence-electron chi connectivity index (χ4n) is 4.10. The quantitative estimate of drug-likeness (QED) is 0.0850. The van der Waals surface area contributed by atoms with Crippen molar-refractivity contribution in [3.8, 4) is 0 Å². The number of carbonyl (C=O) groups excluding carboxylic acids is 1. The molecule has 0 bridgehead atoms. The lowest BCUT2D eigenvalue weighted by Gasteiger charge is -2.39. The highest BCUT2D eigenvalue weighted by Crippen LogP contribution is 2.27. The van der Waals surface area contributed by atoms with Crippen molar-refractivity contribution in [3.05, 3.63) is 12.2 Å². The van der Waals surface area contributed by atoms with Crippen LogP contribution in [0.3, 0.4) is 0 Å². The summed E-state index contributed by atoms with van der Waals surface area (Å²) in [6.07, 6.45) is 0.763. The lowest BCUT2D eigenvalue weighted by molar-refractivity contribution is -0.138. The van der Waals surface area contributed by atoms with Crippen molar-refractivity contribution in [3.63, 3.8) is 0 Å². The largest absolute Gasteiger partial charge is 0.499 e.